The van der Waals surface area contributed by atoms with Gasteiger partial charge in [-0.15, -0.1) is 0 Å². The fourth-order valence-electron chi connectivity index (χ4n) is 2.19. The molecule has 1 fully saturated rings. The van der Waals surface area contributed by atoms with Crippen LogP contribution < -0.4 is 10.6 Å². The number of amides is 1. The molecule has 2 aromatic rings. The van der Waals surface area contributed by atoms with Gasteiger partial charge in [0.15, 0.2) is 5.16 Å². The summed E-state index contributed by atoms with van der Waals surface area (Å²) < 4.78 is 14.1. The van der Waals surface area contributed by atoms with Crippen LogP contribution in [0.3, 0.4) is 0 Å². The summed E-state index contributed by atoms with van der Waals surface area (Å²) in [4.78, 5) is 25.1. The molecule has 132 valence electrons. The van der Waals surface area contributed by atoms with Crippen molar-refractivity contribution in [2.24, 2.45) is 0 Å². The number of hydrogen-bond acceptors (Lipinski definition) is 6. The number of anilines is 2. The highest BCUT2D eigenvalue weighted by atomic mass is 32.2. The van der Waals surface area contributed by atoms with Gasteiger partial charge in [-0.2, -0.15) is 0 Å². The van der Waals surface area contributed by atoms with Gasteiger partial charge in [0, 0.05) is 24.1 Å². The Kier molecular flexibility index (Phi) is 4.89. The summed E-state index contributed by atoms with van der Waals surface area (Å²) in [5.74, 6) is 0.184. The highest BCUT2D eigenvalue weighted by Gasteiger charge is 2.26. The van der Waals surface area contributed by atoms with Crippen LogP contribution in [0.4, 0.5) is 15.9 Å². The fraction of sp³-hybridized carbons (Fsp3) is 0.412. The molecule has 0 unspecified atom stereocenters. The fourth-order valence-corrected chi connectivity index (χ4v) is 2.53. The maximum Gasteiger partial charge on any atom is 0.256 e. The molecule has 2 N–H and O–H groups in total. The maximum absolute atomic E-state index is 14.1. The zero-order valence-corrected chi connectivity index (χ0v) is 15.2. The molecule has 6 nitrogen and oxygen atoms in total. The summed E-state index contributed by atoms with van der Waals surface area (Å²) in [6, 6.07) is 3.56. The minimum Gasteiger partial charge on any atom is -0.349 e. The topological polar surface area (TPSA) is 79.8 Å². The van der Waals surface area contributed by atoms with E-state index in [9.17, 15) is 9.18 Å². The van der Waals surface area contributed by atoms with Gasteiger partial charge in [-0.3, -0.25) is 9.78 Å². The Morgan fingerprint density at radius 1 is 1.36 bits per heavy atom. The average molecular weight is 361 g/mol. The molecule has 1 amide bonds. The Labute approximate surface area is 150 Å². The largest absolute Gasteiger partial charge is 0.349 e. The first-order valence-corrected chi connectivity index (χ1v) is 9.23. The van der Waals surface area contributed by atoms with E-state index in [0.29, 0.717) is 27.9 Å². The zero-order valence-electron chi connectivity index (χ0n) is 14.3. The van der Waals surface area contributed by atoms with Crippen LogP contribution in [-0.2, 0) is 5.67 Å². The average Bonchev–Trinajstić information content (AvgIpc) is 3.38. The van der Waals surface area contributed by atoms with Crippen LogP contribution in [0, 0.1) is 0 Å². The number of nitrogens with one attached hydrogen (secondary N) is 2. The van der Waals surface area contributed by atoms with E-state index < -0.39 is 5.67 Å². The van der Waals surface area contributed by atoms with Gasteiger partial charge in [0.2, 0.25) is 0 Å². The van der Waals surface area contributed by atoms with Crippen molar-refractivity contribution in [1.82, 2.24) is 20.3 Å². The second kappa shape index (κ2) is 6.95. The smallest absolute Gasteiger partial charge is 0.256 e. The lowest BCUT2D eigenvalue weighted by molar-refractivity contribution is 0.0951. The molecule has 0 radical (unpaired) electrons. The van der Waals surface area contributed by atoms with Gasteiger partial charge in [0.05, 0.1) is 5.69 Å². The molecule has 0 bridgehead atoms. The van der Waals surface area contributed by atoms with Crippen LogP contribution in [-0.4, -0.2) is 33.2 Å². The molecule has 0 atom stereocenters. The van der Waals surface area contributed by atoms with Crippen molar-refractivity contribution in [1.29, 1.82) is 0 Å². The summed E-state index contributed by atoms with van der Waals surface area (Å²) in [6.07, 6.45) is 6.90. The van der Waals surface area contributed by atoms with Gasteiger partial charge in [-0.25, -0.2) is 14.4 Å². The quantitative estimate of drug-likeness (QED) is 0.606. The van der Waals surface area contributed by atoms with E-state index in [0.717, 1.165) is 12.8 Å². The molecule has 2 heterocycles. The second-order valence-corrected chi connectivity index (χ2v) is 7.17. The minimum atomic E-state index is -1.56. The summed E-state index contributed by atoms with van der Waals surface area (Å²) in [5, 5.41) is 6.58. The van der Waals surface area contributed by atoms with E-state index >= 15 is 0 Å². The number of pyridine rings is 1. The Morgan fingerprint density at radius 3 is 2.76 bits per heavy atom. The van der Waals surface area contributed by atoms with Crippen LogP contribution >= 0.6 is 11.8 Å². The number of hydrogen-bond donors (Lipinski definition) is 2. The predicted molar refractivity (Wildman–Crippen MR) is 96.0 cm³/mol. The number of alkyl halides is 1. The molecule has 0 saturated heterocycles. The summed E-state index contributed by atoms with van der Waals surface area (Å²) in [5.41, 5.74) is -0.273. The van der Waals surface area contributed by atoms with Crippen molar-refractivity contribution in [2.75, 3.05) is 11.6 Å². The third-order valence-corrected chi connectivity index (χ3v) is 4.30. The molecule has 8 heteroatoms. The first kappa shape index (κ1) is 17.6. The molecular weight excluding hydrogens is 341 g/mol. The van der Waals surface area contributed by atoms with E-state index in [2.05, 4.69) is 25.6 Å². The third kappa shape index (κ3) is 4.45. The summed E-state index contributed by atoms with van der Waals surface area (Å²) >= 11 is 1.38. The van der Waals surface area contributed by atoms with Crippen LogP contribution in [0.25, 0.3) is 0 Å². The maximum atomic E-state index is 14.1. The highest BCUT2D eigenvalue weighted by Crippen LogP contribution is 2.27. The Hall–Kier alpha value is -2.22. The van der Waals surface area contributed by atoms with Crippen LogP contribution in [0.2, 0.25) is 0 Å². The lowest BCUT2D eigenvalue weighted by Crippen LogP contribution is -2.26. The van der Waals surface area contributed by atoms with Gasteiger partial charge in [-0.1, -0.05) is 11.8 Å². The van der Waals surface area contributed by atoms with E-state index in [1.165, 1.54) is 38.0 Å². The van der Waals surface area contributed by atoms with Gasteiger partial charge in [0.1, 0.15) is 17.1 Å². The van der Waals surface area contributed by atoms with E-state index in [-0.39, 0.29) is 11.9 Å². The molecule has 2 aromatic heterocycles. The van der Waals surface area contributed by atoms with Gasteiger partial charge < -0.3 is 10.6 Å². The SMILES string of the molecule is CSc1ncc(C(=O)NC2CC2)c(Nc2ccnc(C(C)(C)F)c2)n1. The highest BCUT2D eigenvalue weighted by molar-refractivity contribution is 7.98. The number of carbonyl (C=O) groups excluding carboxylic acids is 1. The molecular formula is C17H20FN5OS. The number of nitrogens with zero attached hydrogens (tertiary/aromatic N) is 3. The molecule has 1 aliphatic rings. The van der Waals surface area contributed by atoms with Gasteiger partial charge in [0.25, 0.3) is 5.91 Å². The molecule has 25 heavy (non-hydrogen) atoms. The minimum absolute atomic E-state index is 0.210. The van der Waals surface area contributed by atoms with Crippen molar-refractivity contribution in [3.05, 3.63) is 35.8 Å². The van der Waals surface area contributed by atoms with Crippen molar-refractivity contribution in [3.63, 3.8) is 0 Å². The Bertz CT molecular complexity index is 789. The number of carbonyl (C=O) groups is 1. The molecule has 0 spiro atoms. The van der Waals surface area contributed by atoms with Crippen LogP contribution in [0.15, 0.2) is 29.7 Å². The second-order valence-electron chi connectivity index (χ2n) is 6.39. The number of aromatic nitrogens is 3. The standard InChI is InChI=1S/C17H20FN5OS/c1-17(2,18)13-8-11(6-7-19-13)21-14-12(9-20-16(23-14)25-3)15(24)22-10-4-5-10/h6-10H,4-5H2,1-3H3,(H,22,24)(H,19,20,21,23). The first-order chi connectivity index (χ1) is 11.9. The Morgan fingerprint density at radius 2 is 2.12 bits per heavy atom. The zero-order chi connectivity index (χ0) is 18.0. The van der Waals surface area contributed by atoms with E-state index in [1.807, 2.05) is 6.26 Å². The molecule has 0 aliphatic heterocycles. The van der Waals surface area contributed by atoms with Crippen LogP contribution in [0.5, 0.6) is 0 Å². The summed E-state index contributed by atoms with van der Waals surface area (Å²) in [6.45, 7) is 2.90. The lowest BCUT2D eigenvalue weighted by Gasteiger charge is -2.16. The van der Waals surface area contributed by atoms with Crippen molar-refractivity contribution >= 4 is 29.2 Å². The van der Waals surface area contributed by atoms with E-state index in [4.69, 9.17) is 0 Å². The lowest BCUT2D eigenvalue weighted by atomic mass is 10.1. The normalized spacial score (nSPS) is 14.2. The van der Waals surface area contributed by atoms with E-state index in [1.54, 1.807) is 12.1 Å². The molecule has 0 aromatic carbocycles. The van der Waals surface area contributed by atoms with Crippen molar-refractivity contribution in [2.45, 2.75) is 43.6 Å². The molecule has 1 aliphatic carbocycles. The van der Waals surface area contributed by atoms with Gasteiger partial charge >= 0.3 is 0 Å². The third-order valence-electron chi connectivity index (χ3n) is 3.74. The molecule has 1 saturated carbocycles. The predicted octanol–water partition coefficient (Wildman–Crippen LogP) is 3.43. The van der Waals surface area contributed by atoms with Gasteiger partial charge in [-0.05, 0) is 45.1 Å². The molecule has 3 rings (SSSR count). The summed E-state index contributed by atoms with van der Waals surface area (Å²) in [7, 11) is 0. The number of thioether (sulfide) groups is 1. The number of halogens is 1. The Balaban J connectivity index is 1.91. The first-order valence-electron chi connectivity index (χ1n) is 8.01. The van der Waals surface area contributed by atoms with Crippen molar-refractivity contribution in [3.8, 4) is 0 Å². The van der Waals surface area contributed by atoms with Crippen molar-refractivity contribution < 1.29 is 9.18 Å². The van der Waals surface area contributed by atoms with Crippen LogP contribution in [0.1, 0.15) is 42.7 Å². The monoisotopic (exact) mass is 361 g/mol. The number of rotatable bonds is 6.